The van der Waals surface area contributed by atoms with E-state index in [1.807, 2.05) is 0 Å². The van der Waals surface area contributed by atoms with Crippen molar-refractivity contribution in [2.24, 2.45) is 0 Å². The van der Waals surface area contributed by atoms with Crippen LogP contribution >= 0.6 is 12.6 Å². The molecule has 0 spiro atoms. The summed E-state index contributed by atoms with van der Waals surface area (Å²) in [5, 5.41) is 0. The average Bonchev–Trinajstić information content (AvgIpc) is 2.20. The molecule has 0 unspecified atom stereocenters. The molecular formula is C10H21NO2S2. The summed E-state index contributed by atoms with van der Waals surface area (Å²) in [5.74, 6) is 1.68. The lowest BCUT2D eigenvalue weighted by atomic mass is 10.2. The van der Waals surface area contributed by atoms with Crippen molar-refractivity contribution in [1.29, 1.82) is 0 Å². The molecule has 0 N–H and O–H groups in total. The van der Waals surface area contributed by atoms with Gasteiger partial charge in [0.1, 0.15) is 0 Å². The summed E-state index contributed by atoms with van der Waals surface area (Å²) in [4.78, 5) is 2.27. The molecule has 90 valence electrons. The number of rotatable bonds is 6. The maximum Gasteiger partial charge on any atom is 0.152 e. The molecule has 0 aromatic carbocycles. The van der Waals surface area contributed by atoms with E-state index in [2.05, 4.69) is 17.5 Å². The number of nitrogens with zero attached hydrogens (tertiary/aromatic N) is 1. The second-order valence-electron chi connectivity index (χ2n) is 4.13. The third-order valence-electron chi connectivity index (χ3n) is 2.82. The van der Waals surface area contributed by atoms with Crippen molar-refractivity contribution in [3.8, 4) is 0 Å². The van der Waals surface area contributed by atoms with Crippen molar-refractivity contribution in [3.05, 3.63) is 0 Å². The Bertz CT molecular complexity index is 251. The Morgan fingerprint density at radius 3 is 2.20 bits per heavy atom. The first kappa shape index (κ1) is 13.3. The second-order valence-corrected chi connectivity index (χ2v) is 6.88. The van der Waals surface area contributed by atoms with Gasteiger partial charge in [-0.15, -0.1) is 0 Å². The number of hydrogen-bond acceptors (Lipinski definition) is 4. The van der Waals surface area contributed by atoms with Gasteiger partial charge in [0.05, 0.1) is 11.5 Å². The fraction of sp³-hybridized carbons (Fsp3) is 1.00. The van der Waals surface area contributed by atoms with E-state index < -0.39 is 9.84 Å². The Kier molecular flexibility index (Phi) is 6.00. The van der Waals surface area contributed by atoms with E-state index >= 15 is 0 Å². The highest BCUT2D eigenvalue weighted by molar-refractivity contribution is 7.91. The average molecular weight is 251 g/mol. The first-order valence-electron chi connectivity index (χ1n) is 5.68. The van der Waals surface area contributed by atoms with Gasteiger partial charge in [0, 0.05) is 13.1 Å². The minimum atomic E-state index is -2.71. The highest BCUT2D eigenvalue weighted by atomic mass is 32.2. The lowest BCUT2D eigenvalue weighted by Gasteiger charge is -2.26. The summed E-state index contributed by atoms with van der Waals surface area (Å²) >= 11 is 4.17. The highest BCUT2D eigenvalue weighted by Crippen LogP contribution is 2.07. The van der Waals surface area contributed by atoms with Gasteiger partial charge in [-0.2, -0.15) is 12.6 Å². The van der Waals surface area contributed by atoms with Gasteiger partial charge in [0.25, 0.3) is 0 Å². The molecule has 0 radical (unpaired) electrons. The maximum absolute atomic E-state index is 11.2. The number of thiol groups is 1. The van der Waals surface area contributed by atoms with Crippen LogP contribution in [-0.2, 0) is 9.84 Å². The van der Waals surface area contributed by atoms with Gasteiger partial charge in [-0.3, -0.25) is 0 Å². The summed E-state index contributed by atoms with van der Waals surface area (Å²) in [6.45, 7) is 2.52. The number of unbranched alkanes of at least 4 members (excludes halogenated alkanes) is 3. The fourth-order valence-electron chi connectivity index (χ4n) is 1.77. The maximum atomic E-state index is 11.2. The quantitative estimate of drug-likeness (QED) is 0.569. The molecule has 0 saturated carbocycles. The molecule has 1 aliphatic heterocycles. The van der Waals surface area contributed by atoms with Crippen LogP contribution in [0.2, 0.25) is 0 Å². The van der Waals surface area contributed by atoms with Gasteiger partial charge in [0.15, 0.2) is 9.84 Å². The van der Waals surface area contributed by atoms with Crippen LogP contribution < -0.4 is 0 Å². The Morgan fingerprint density at radius 1 is 1.00 bits per heavy atom. The van der Waals surface area contributed by atoms with E-state index in [0.717, 1.165) is 25.4 Å². The predicted molar refractivity (Wildman–Crippen MR) is 67.4 cm³/mol. The Hall–Kier alpha value is 0.260. The van der Waals surface area contributed by atoms with E-state index in [4.69, 9.17) is 0 Å². The van der Waals surface area contributed by atoms with Gasteiger partial charge in [-0.05, 0) is 25.1 Å². The normalized spacial score (nSPS) is 21.7. The molecular weight excluding hydrogens is 230 g/mol. The number of hydrogen-bond donors (Lipinski definition) is 1. The minimum absolute atomic E-state index is 0.351. The summed E-state index contributed by atoms with van der Waals surface area (Å²) in [5.41, 5.74) is 0. The van der Waals surface area contributed by atoms with Gasteiger partial charge in [0.2, 0.25) is 0 Å². The van der Waals surface area contributed by atoms with E-state index in [1.54, 1.807) is 0 Å². The van der Waals surface area contributed by atoms with E-state index in [0.29, 0.717) is 11.5 Å². The number of sulfone groups is 1. The minimum Gasteiger partial charge on any atom is -0.301 e. The largest absolute Gasteiger partial charge is 0.301 e. The molecule has 0 aromatic rings. The first-order valence-corrected chi connectivity index (χ1v) is 8.13. The molecule has 5 heteroatoms. The van der Waals surface area contributed by atoms with Crippen LogP contribution in [0.15, 0.2) is 0 Å². The molecule has 0 aromatic heterocycles. The highest BCUT2D eigenvalue weighted by Gasteiger charge is 2.20. The van der Waals surface area contributed by atoms with Crippen molar-refractivity contribution in [2.45, 2.75) is 25.7 Å². The topological polar surface area (TPSA) is 37.4 Å². The third kappa shape index (κ3) is 5.78. The Balaban J connectivity index is 2.04. The third-order valence-corrected chi connectivity index (χ3v) is 4.74. The van der Waals surface area contributed by atoms with Crippen LogP contribution in [0.4, 0.5) is 0 Å². The lowest BCUT2D eigenvalue weighted by molar-refractivity contribution is 0.288. The zero-order chi connectivity index (χ0) is 11.1. The van der Waals surface area contributed by atoms with Crippen molar-refractivity contribution < 1.29 is 8.42 Å². The van der Waals surface area contributed by atoms with Crippen LogP contribution in [-0.4, -0.2) is 50.2 Å². The van der Waals surface area contributed by atoms with Gasteiger partial charge in [-0.25, -0.2) is 8.42 Å². The molecule has 3 nitrogen and oxygen atoms in total. The molecule has 15 heavy (non-hydrogen) atoms. The molecule has 1 aliphatic rings. The van der Waals surface area contributed by atoms with Gasteiger partial charge < -0.3 is 4.90 Å². The standard InChI is InChI=1S/C10H21NO2S2/c12-15(13)9-6-11(7-10-15)5-3-1-2-4-8-14/h14H,1-10H2. The SMILES string of the molecule is O=S1(=O)CCN(CCCCCCS)CC1. The summed E-state index contributed by atoms with van der Waals surface area (Å²) in [6, 6.07) is 0. The molecule has 0 amide bonds. The van der Waals surface area contributed by atoms with Crippen molar-refractivity contribution in [3.63, 3.8) is 0 Å². The Labute approximate surface area is 98.6 Å². The molecule has 1 heterocycles. The van der Waals surface area contributed by atoms with Crippen LogP contribution in [0.3, 0.4) is 0 Å². The fourth-order valence-corrected chi connectivity index (χ4v) is 3.28. The monoisotopic (exact) mass is 251 g/mol. The predicted octanol–water partition coefficient (Wildman–Crippen LogP) is 1.21. The molecule has 0 atom stereocenters. The van der Waals surface area contributed by atoms with Gasteiger partial charge >= 0.3 is 0 Å². The van der Waals surface area contributed by atoms with Crippen LogP contribution in [0, 0.1) is 0 Å². The van der Waals surface area contributed by atoms with Crippen molar-refractivity contribution >= 4 is 22.5 Å². The second kappa shape index (κ2) is 6.76. The van der Waals surface area contributed by atoms with E-state index in [9.17, 15) is 8.42 Å². The van der Waals surface area contributed by atoms with Crippen molar-refractivity contribution in [2.75, 3.05) is 36.9 Å². The summed E-state index contributed by atoms with van der Waals surface area (Å²) in [7, 11) is -2.71. The van der Waals surface area contributed by atoms with Crippen LogP contribution in [0.1, 0.15) is 25.7 Å². The van der Waals surface area contributed by atoms with Crippen LogP contribution in [0.25, 0.3) is 0 Å². The molecule has 1 rings (SSSR count). The summed E-state index contributed by atoms with van der Waals surface area (Å²) < 4.78 is 22.4. The molecule has 0 aliphatic carbocycles. The van der Waals surface area contributed by atoms with E-state index in [1.165, 1.54) is 25.7 Å². The zero-order valence-corrected chi connectivity index (χ0v) is 10.9. The van der Waals surface area contributed by atoms with Crippen LogP contribution in [0.5, 0.6) is 0 Å². The summed E-state index contributed by atoms with van der Waals surface area (Å²) in [6.07, 6.45) is 4.87. The van der Waals surface area contributed by atoms with Crippen molar-refractivity contribution in [1.82, 2.24) is 4.90 Å². The zero-order valence-electron chi connectivity index (χ0n) is 9.19. The molecule has 0 bridgehead atoms. The first-order chi connectivity index (χ1) is 7.14. The Morgan fingerprint density at radius 2 is 1.60 bits per heavy atom. The smallest absolute Gasteiger partial charge is 0.152 e. The molecule has 1 saturated heterocycles. The van der Waals surface area contributed by atoms with E-state index in [-0.39, 0.29) is 0 Å². The van der Waals surface area contributed by atoms with Gasteiger partial charge in [-0.1, -0.05) is 12.8 Å². The molecule has 1 fully saturated rings. The lowest BCUT2D eigenvalue weighted by Crippen LogP contribution is -2.40.